The molecule has 1 amide bonds. The van der Waals surface area contributed by atoms with Crippen LogP contribution in [0.25, 0.3) is 0 Å². The summed E-state index contributed by atoms with van der Waals surface area (Å²) < 4.78 is 23.2. The Balaban J connectivity index is 2.41. The molecule has 0 aliphatic heterocycles. The van der Waals surface area contributed by atoms with Crippen LogP contribution in [0.1, 0.15) is 10.4 Å². The number of sulfone groups is 1. The molecule has 1 atom stereocenters. The molecule has 128 valence electrons. The summed E-state index contributed by atoms with van der Waals surface area (Å²) in [4.78, 5) is 12.3. The maximum absolute atomic E-state index is 12.7. The van der Waals surface area contributed by atoms with E-state index in [-0.39, 0.29) is 15.5 Å². The predicted octanol–water partition coefficient (Wildman–Crippen LogP) is 4.24. The number of amides is 1. The van der Waals surface area contributed by atoms with Crippen molar-refractivity contribution in [1.82, 2.24) is 5.32 Å². The van der Waals surface area contributed by atoms with Gasteiger partial charge in [-0.15, -0.1) is 0 Å². The van der Waals surface area contributed by atoms with Gasteiger partial charge in [-0.3, -0.25) is 4.79 Å². The number of rotatable bonds is 4. The van der Waals surface area contributed by atoms with Gasteiger partial charge >= 0.3 is 0 Å². The second-order valence-corrected chi connectivity index (χ2v) is 9.54. The predicted molar refractivity (Wildman–Crippen MR) is 96.6 cm³/mol. The van der Waals surface area contributed by atoms with Crippen molar-refractivity contribution in [3.05, 3.63) is 65.2 Å². The van der Waals surface area contributed by atoms with Crippen LogP contribution in [-0.2, 0) is 9.84 Å². The van der Waals surface area contributed by atoms with E-state index in [1.165, 1.54) is 36.4 Å². The topological polar surface area (TPSA) is 63.2 Å². The van der Waals surface area contributed by atoms with Gasteiger partial charge in [0.15, 0.2) is 5.37 Å². The van der Waals surface area contributed by atoms with Gasteiger partial charge in [-0.2, -0.15) is 0 Å². The van der Waals surface area contributed by atoms with Crippen LogP contribution in [-0.4, -0.2) is 23.5 Å². The number of hydrogen-bond donors (Lipinski definition) is 1. The fourth-order valence-corrected chi connectivity index (χ4v) is 4.79. The summed E-state index contributed by atoms with van der Waals surface area (Å²) >= 11 is 23.4. The van der Waals surface area contributed by atoms with Crippen LogP contribution in [0.4, 0.5) is 0 Å². The summed E-state index contributed by atoms with van der Waals surface area (Å²) in [5, 5.41) is 0.603. The number of alkyl halides is 3. The molecule has 1 N–H and O–H groups in total. The highest BCUT2D eigenvalue weighted by molar-refractivity contribution is 7.92. The Kier molecular flexibility index (Phi) is 6.04. The molecule has 0 radical (unpaired) electrons. The molecular formula is C15H11Cl4NO3S. The molecule has 0 aliphatic rings. The van der Waals surface area contributed by atoms with Crippen molar-refractivity contribution in [2.45, 2.75) is 14.1 Å². The monoisotopic (exact) mass is 425 g/mol. The van der Waals surface area contributed by atoms with Crippen LogP contribution in [0.3, 0.4) is 0 Å². The van der Waals surface area contributed by atoms with Crippen molar-refractivity contribution in [2.75, 3.05) is 0 Å². The zero-order valence-electron chi connectivity index (χ0n) is 11.9. The molecule has 0 saturated carbocycles. The molecule has 0 aliphatic carbocycles. The number of carbonyl (C=O) groups is 1. The molecule has 0 fully saturated rings. The zero-order chi connectivity index (χ0) is 18.0. The summed E-state index contributed by atoms with van der Waals surface area (Å²) in [6, 6.07) is 13.5. The van der Waals surface area contributed by atoms with E-state index in [1.54, 1.807) is 18.2 Å². The summed E-state index contributed by atoms with van der Waals surface area (Å²) in [5.74, 6) is -0.767. The summed E-state index contributed by atoms with van der Waals surface area (Å²) in [6.45, 7) is 0. The Bertz CT molecular complexity index is 835. The van der Waals surface area contributed by atoms with Gasteiger partial charge < -0.3 is 5.32 Å². The Morgan fingerprint density at radius 3 is 2.04 bits per heavy atom. The first kappa shape index (κ1) is 19.3. The van der Waals surface area contributed by atoms with Crippen molar-refractivity contribution in [3.63, 3.8) is 0 Å². The number of benzene rings is 2. The Hall–Kier alpha value is -0.980. The molecule has 1 unspecified atom stereocenters. The average Bonchev–Trinajstić information content (AvgIpc) is 2.52. The van der Waals surface area contributed by atoms with E-state index >= 15 is 0 Å². The van der Waals surface area contributed by atoms with Gasteiger partial charge in [0.05, 0.1) is 15.5 Å². The standard InChI is InChI=1S/C15H11Cl4NO3S/c16-12-9-5-4-8-11(12)13(21)20-14(15(17,18)19)24(22,23)10-6-2-1-3-7-10/h1-9,14H,(H,20,21). The zero-order valence-corrected chi connectivity index (χ0v) is 15.8. The molecule has 4 nitrogen and oxygen atoms in total. The van der Waals surface area contributed by atoms with E-state index in [0.29, 0.717) is 0 Å². The minimum atomic E-state index is -4.15. The highest BCUT2D eigenvalue weighted by Crippen LogP contribution is 2.36. The second kappa shape index (κ2) is 7.50. The van der Waals surface area contributed by atoms with Gasteiger partial charge in [-0.25, -0.2) is 8.42 Å². The number of carbonyl (C=O) groups excluding carboxylic acids is 1. The Morgan fingerprint density at radius 1 is 0.958 bits per heavy atom. The van der Waals surface area contributed by atoms with Crippen molar-refractivity contribution in [2.24, 2.45) is 0 Å². The van der Waals surface area contributed by atoms with Gasteiger partial charge in [0.1, 0.15) is 0 Å². The fraction of sp³-hybridized carbons (Fsp3) is 0.133. The first-order valence-electron chi connectivity index (χ1n) is 6.55. The third-order valence-corrected chi connectivity index (χ3v) is 6.45. The van der Waals surface area contributed by atoms with Gasteiger partial charge in [-0.05, 0) is 24.3 Å². The van der Waals surface area contributed by atoms with E-state index in [2.05, 4.69) is 5.32 Å². The molecule has 0 spiro atoms. The molecule has 0 saturated heterocycles. The van der Waals surface area contributed by atoms with Crippen LogP contribution in [0.15, 0.2) is 59.5 Å². The maximum Gasteiger partial charge on any atom is 0.253 e. The normalized spacial score (nSPS) is 13.3. The highest BCUT2D eigenvalue weighted by Gasteiger charge is 2.44. The minimum absolute atomic E-state index is 0.0710. The largest absolute Gasteiger partial charge is 0.332 e. The van der Waals surface area contributed by atoms with Crippen LogP contribution in [0.5, 0.6) is 0 Å². The summed E-state index contributed by atoms with van der Waals surface area (Å²) in [5.41, 5.74) is 0.0710. The maximum atomic E-state index is 12.7. The van der Waals surface area contributed by atoms with Crippen molar-refractivity contribution >= 4 is 62.1 Å². The first-order chi connectivity index (χ1) is 11.1. The third-order valence-electron chi connectivity index (χ3n) is 3.06. The van der Waals surface area contributed by atoms with Crippen molar-refractivity contribution in [3.8, 4) is 0 Å². The highest BCUT2D eigenvalue weighted by atomic mass is 35.6. The molecule has 9 heteroatoms. The lowest BCUT2D eigenvalue weighted by molar-refractivity contribution is 0.0948. The number of halogens is 4. The quantitative estimate of drug-likeness (QED) is 0.743. The van der Waals surface area contributed by atoms with Gasteiger partial charge in [0.2, 0.25) is 13.6 Å². The lowest BCUT2D eigenvalue weighted by atomic mass is 10.2. The van der Waals surface area contributed by atoms with Gasteiger partial charge in [-0.1, -0.05) is 76.7 Å². The molecule has 0 heterocycles. The van der Waals surface area contributed by atoms with E-state index in [1.807, 2.05) is 0 Å². The van der Waals surface area contributed by atoms with E-state index in [0.717, 1.165) is 0 Å². The van der Waals surface area contributed by atoms with Gasteiger partial charge in [0.25, 0.3) is 5.91 Å². The van der Waals surface area contributed by atoms with Crippen LogP contribution < -0.4 is 5.32 Å². The summed E-state index contributed by atoms with van der Waals surface area (Å²) in [6.07, 6.45) is 0. The Labute approximate surface area is 159 Å². The fourth-order valence-electron chi connectivity index (χ4n) is 1.92. The lowest BCUT2D eigenvalue weighted by Gasteiger charge is -2.25. The third kappa shape index (κ3) is 4.35. The molecule has 2 aromatic rings. The van der Waals surface area contributed by atoms with Gasteiger partial charge in [0, 0.05) is 0 Å². The molecule has 0 bridgehead atoms. The molecule has 24 heavy (non-hydrogen) atoms. The second-order valence-electron chi connectivity index (χ2n) is 4.73. The first-order valence-corrected chi connectivity index (χ1v) is 9.61. The lowest BCUT2D eigenvalue weighted by Crippen LogP contribution is -2.49. The van der Waals surface area contributed by atoms with Crippen LogP contribution >= 0.6 is 46.4 Å². The molecular weight excluding hydrogens is 416 g/mol. The van der Waals surface area contributed by atoms with E-state index < -0.39 is 24.9 Å². The molecule has 0 aromatic heterocycles. The summed E-state index contributed by atoms with van der Waals surface area (Å²) in [7, 11) is -4.15. The smallest absolute Gasteiger partial charge is 0.253 e. The SMILES string of the molecule is O=C(NC(C(Cl)(Cl)Cl)S(=O)(=O)c1ccccc1)c1ccccc1Cl. The average molecular weight is 427 g/mol. The van der Waals surface area contributed by atoms with Crippen LogP contribution in [0.2, 0.25) is 5.02 Å². The number of hydrogen-bond acceptors (Lipinski definition) is 3. The number of nitrogens with one attached hydrogen (secondary N) is 1. The molecule has 2 rings (SSSR count). The van der Waals surface area contributed by atoms with Crippen molar-refractivity contribution in [1.29, 1.82) is 0 Å². The Morgan fingerprint density at radius 2 is 1.50 bits per heavy atom. The minimum Gasteiger partial charge on any atom is -0.332 e. The van der Waals surface area contributed by atoms with Crippen LogP contribution in [0, 0.1) is 0 Å². The molecule has 2 aromatic carbocycles. The van der Waals surface area contributed by atoms with E-state index in [4.69, 9.17) is 46.4 Å². The van der Waals surface area contributed by atoms with E-state index in [9.17, 15) is 13.2 Å². The van der Waals surface area contributed by atoms with Crippen molar-refractivity contribution < 1.29 is 13.2 Å².